The van der Waals surface area contributed by atoms with Crippen LogP contribution in [0.2, 0.25) is 0 Å². The summed E-state index contributed by atoms with van der Waals surface area (Å²) in [5.74, 6) is -3.65. The Morgan fingerprint density at radius 3 is 2.57 bits per heavy atom. The Balaban J connectivity index is 2.08. The molecule has 106 valence electrons. The van der Waals surface area contributed by atoms with E-state index in [4.69, 9.17) is 0 Å². The highest BCUT2D eigenvalue weighted by molar-refractivity contribution is 6.52. The number of pyridine rings is 1. The van der Waals surface area contributed by atoms with Crippen LogP contribution in [0.25, 0.3) is 0 Å². The van der Waals surface area contributed by atoms with Crippen LogP contribution in [0.3, 0.4) is 0 Å². The van der Waals surface area contributed by atoms with Gasteiger partial charge in [0.15, 0.2) is 0 Å². The molecule has 0 fully saturated rings. The van der Waals surface area contributed by atoms with Crippen LogP contribution in [0, 0.1) is 18.6 Å². The number of rotatable bonds is 2. The number of aryl methyl sites for hydroxylation is 1. The predicted octanol–water partition coefficient (Wildman–Crippen LogP) is 2.40. The quantitative estimate of drug-likeness (QED) is 0.797. The normalized spacial score (nSPS) is 13.8. The number of nitrogens with zero attached hydrogens (tertiary/aromatic N) is 2. The number of halogens is 2. The summed E-state index contributed by atoms with van der Waals surface area (Å²) in [5, 5.41) is 0. The molecule has 21 heavy (non-hydrogen) atoms. The molecule has 1 amide bonds. The van der Waals surface area contributed by atoms with Crippen molar-refractivity contribution in [3.8, 4) is 0 Å². The number of aromatic nitrogens is 1. The lowest BCUT2D eigenvalue weighted by atomic mass is 10.1. The van der Waals surface area contributed by atoms with Crippen molar-refractivity contribution in [1.29, 1.82) is 0 Å². The maximum atomic E-state index is 13.9. The Labute approximate surface area is 119 Å². The van der Waals surface area contributed by atoms with Crippen LogP contribution in [0.1, 0.15) is 21.5 Å². The van der Waals surface area contributed by atoms with E-state index in [9.17, 15) is 18.4 Å². The number of fused-ring (bicyclic) bond motifs is 1. The molecule has 0 aliphatic carbocycles. The van der Waals surface area contributed by atoms with E-state index in [0.717, 1.165) is 22.6 Å². The minimum absolute atomic E-state index is 0.0351. The zero-order valence-electron chi connectivity index (χ0n) is 11.1. The molecule has 3 rings (SSSR count). The van der Waals surface area contributed by atoms with Crippen molar-refractivity contribution < 1.29 is 18.4 Å². The molecule has 0 spiro atoms. The highest BCUT2D eigenvalue weighted by Crippen LogP contribution is 2.34. The fraction of sp³-hybridized carbons (Fsp3) is 0.133. The Kier molecular flexibility index (Phi) is 3.01. The van der Waals surface area contributed by atoms with E-state index in [-0.39, 0.29) is 12.2 Å². The molecule has 2 heterocycles. The van der Waals surface area contributed by atoms with Crippen LogP contribution in [-0.4, -0.2) is 16.7 Å². The van der Waals surface area contributed by atoms with Crippen molar-refractivity contribution in [2.45, 2.75) is 13.5 Å². The average Bonchev–Trinajstić information content (AvgIpc) is 2.69. The number of Topliss-reactive ketones (excluding diaryl/α,β-unsaturated/α-hetero) is 1. The summed E-state index contributed by atoms with van der Waals surface area (Å²) in [6, 6.07) is 3.51. The molecular weight excluding hydrogens is 278 g/mol. The average molecular weight is 288 g/mol. The van der Waals surface area contributed by atoms with Crippen molar-refractivity contribution in [1.82, 2.24) is 4.98 Å². The fourth-order valence-corrected chi connectivity index (χ4v) is 2.39. The summed E-state index contributed by atoms with van der Waals surface area (Å²) in [4.78, 5) is 28.7. The lowest BCUT2D eigenvalue weighted by molar-refractivity contribution is -0.114. The van der Waals surface area contributed by atoms with Gasteiger partial charge >= 0.3 is 0 Å². The molecule has 2 aromatic rings. The zero-order chi connectivity index (χ0) is 15.1. The second kappa shape index (κ2) is 4.73. The third-order valence-electron chi connectivity index (χ3n) is 3.29. The van der Waals surface area contributed by atoms with Gasteiger partial charge in [0.25, 0.3) is 11.7 Å². The third kappa shape index (κ3) is 2.08. The van der Waals surface area contributed by atoms with Gasteiger partial charge in [-0.1, -0.05) is 6.07 Å². The monoisotopic (exact) mass is 288 g/mol. The predicted molar refractivity (Wildman–Crippen MR) is 70.9 cm³/mol. The number of anilines is 1. The molecule has 1 aliphatic rings. The van der Waals surface area contributed by atoms with Crippen LogP contribution in [0.15, 0.2) is 30.6 Å². The first-order valence-corrected chi connectivity index (χ1v) is 6.23. The molecule has 0 bridgehead atoms. The minimum atomic E-state index is -1.03. The van der Waals surface area contributed by atoms with Crippen LogP contribution in [-0.2, 0) is 11.3 Å². The van der Waals surface area contributed by atoms with Gasteiger partial charge in [-0.25, -0.2) is 8.78 Å². The molecule has 0 unspecified atom stereocenters. The number of benzene rings is 1. The number of ketones is 1. The first kappa shape index (κ1) is 13.4. The van der Waals surface area contributed by atoms with Crippen molar-refractivity contribution in [3.05, 3.63) is 58.9 Å². The minimum Gasteiger partial charge on any atom is -0.297 e. The van der Waals surface area contributed by atoms with Crippen LogP contribution < -0.4 is 4.90 Å². The molecular formula is C15H10F2N2O2. The van der Waals surface area contributed by atoms with E-state index in [1.165, 1.54) is 6.20 Å². The SMILES string of the molecule is Cc1cncc(CN2C(=O)C(=O)c3c(F)ccc(F)c32)c1. The van der Waals surface area contributed by atoms with Gasteiger partial charge in [-0.15, -0.1) is 0 Å². The van der Waals surface area contributed by atoms with Gasteiger partial charge in [0.2, 0.25) is 0 Å². The first-order valence-electron chi connectivity index (χ1n) is 6.23. The lowest BCUT2D eigenvalue weighted by Crippen LogP contribution is -2.29. The van der Waals surface area contributed by atoms with Gasteiger partial charge < -0.3 is 0 Å². The molecule has 1 aliphatic heterocycles. The number of hydrogen-bond donors (Lipinski definition) is 0. The highest BCUT2D eigenvalue weighted by atomic mass is 19.1. The number of carbonyl (C=O) groups is 2. The molecule has 0 saturated carbocycles. The second-order valence-electron chi connectivity index (χ2n) is 4.84. The summed E-state index contributed by atoms with van der Waals surface area (Å²) in [6.45, 7) is 1.79. The van der Waals surface area contributed by atoms with E-state index in [1.54, 1.807) is 12.3 Å². The smallest absolute Gasteiger partial charge is 0.297 e. The largest absolute Gasteiger partial charge is 0.299 e. The van der Waals surface area contributed by atoms with E-state index < -0.39 is 28.9 Å². The second-order valence-corrected chi connectivity index (χ2v) is 4.84. The number of carbonyl (C=O) groups excluding carboxylic acids is 2. The lowest BCUT2D eigenvalue weighted by Gasteiger charge is -2.17. The zero-order valence-corrected chi connectivity index (χ0v) is 11.1. The molecule has 0 atom stereocenters. The van der Waals surface area contributed by atoms with E-state index in [2.05, 4.69) is 4.98 Å². The van der Waals surface area contributed by atoms with E-state index in [1.807, 2.05) is 6.92 Å². The molecule has 0 radical (unpaired) electrons. The first-order chi connectivity index (χ1) is 9.99. The summed E-state index contributed by atoms with van der Waals surface area (Å²) in [5.41, 5.74) is 0.699. The van der Waals surface area contributed by atoms with Gasteiger partial charge in [-0.2, -0.15) is 0 Å². The Morgan fingerprint density at radius 1 is 1.14 bits per heavy atom. The van der Waals surface area contributed by atoms with Gasteiger partial charge in [0.05, 0.1) is 17.8 Å². The molecule has 4 nitrogen and oxygen atoms in total. The van der Waals surface area contributed by atoms with Crippen LogP contribution in [0.5, 0.6) is 0 Å². The van der Waals surface area contributed by atoms with Gasteiger partial charge in [-0.05, 0) is 30.2 Å². The fourth-order valence-electron chi connectivity index (χ4n) is 2.39. The van der Waals surface area contributed by atoms with Gasteiger partial charge in [-0.3, -0.25) is 19.5 Å². The van der Waals surface area contributed by atoms with E-state index >= 15 is 0 Å². The van der Waals surface area contributed by atoms with Crippen LogP contribution in [0.4, 0.5) is 14.5 Å². The van der Waals surface area contributed by atoms with Gasteiger partial charge in [0.1, 0.15) is 11.6 Å². The Morgan fingerprint density at radius 2 is 1.86 bits per heavy atom. The van der Waals surface area contributed by atoms with Crippen molar-refractivity contribution in [2.24, 2.45) is 0 Å². The number of hydrogen-bond acceptors (Lipinski definition) is 3. The highest BCUT2D eigenvalue weighted by Gasteiger charge is 2.40. The maximum Gasteiger partial charge on any atom is 0.299 e. The van der Waals surface area contributed by atoms with Crippen LogP contribution >= 0.6 is 0 Å². The topological polar surface area (TPSA) is 50.3 Å². The van der Waals surface area contributed by atoms with Crippen molar-refractivity contribution in [3.63, 3.8) is 0 Å². The summed E-state index contributed by atoms with van der Waals surface area (Å²) in [6.07, 6.45) is 3.15. The molecule has 0 saturated heterocycles. The van der Waals surface area contributed by atoms with E-state index in [0.29, 0.717) is 5.56 Å². The summed E-state index contributed by atoms with van der Waals surface area (Å²) in [7, 11) is 0. The Hall–Kier alpha value is -2.63. The van der Waals surface area contributed by atoms with Crippen molar-refractivity contribution in [2.75, 3.05) is 4.90 Å². The molecule has 1 aromatic heterocycles. The summed E-state index contributed by atoms with van der Waals surface area (Å²) < 4.78 is 27.6. The summed E-state index contributed by atoms with van der Waals surface area (Å²) >= 11 is 0. The maximum absolute atomic E-state index is 13.9. The Bertz CT molecular complexity index is 774. The molecule has 6 heteroatoms. The van der Waals surface area contributed by atoms with Crippen molar-refractivity contribution >= 4 is 17.4 Å². The molecule has 0 N–H and O–H groups in total. The number of amides is 1. The third-order valence-corrected chi connectivity index (χ3v) is 3.29. The standard InChI is InChI=1S/C15H10F2N2O2/c1-8-4-9(6-18-5-8)7-19-13-11(17)3-2-10(16)12(13)14(20)15(19)21/h2-6H,7H2,1H3. The molecule has 1 aromatic carbocycles. The van der Waals surface area contributed by atoms with Gasteiger partial charge in [0, 0.05) is 12.4 Å².